The second-order valence-corrected chi connectivity index (χ2v) is 8.95. The first-order valence-corrected chi connectivity index (χ1v) is 11.0. The van der Waals surface area contributed by atoms with Crippen LogP contribution in [-0.4, -0.2) is 47.6 Å². The van der Waals surface area contributed by atoms with Gasteiger partial charge in [0.05, 0.1) is 24.2 Å². The minimum atomic E-state index is -0.671. The van der Waals surface area contributed by atoms with Crippen molar-refractivity contribution in [3.63, 3.8) is 0 Å². The number of aliphatic hydroxyl groups is 1. The van der Waals surface area contributed by atoms with E-state index in [2.05, 4.69) is 0 Å². The second-order valence-electron chi connectivity index (χ2n) is 8.95. The molecule has 0 aromatic carbocycles. The summed E-state index contributed by atoms with van der Waals surface area (Å²) in [6.07, 6.45) is 3.57. The molecule has 29 heavy (non-hydrogen) atoms. The quantitative estimate of drug-likeness (QED) is 0.565. The van der Waals surface area contributed by atoms with Gasteiger partial charge < -0.3 is 19.3 Å². The molecule has 6 heteroatoms. The van der Waals surface area contributed by atoms with Gasteiger partial charge >= 0.3 is 5.97 Å². The van der Waals surface area contributed by atoms with Gasteiger partial charge in [-0.15, -0.1) is 0 Å². The lowest BCUT2D eigenvalue weighted by Crippen LogP contribution is -2.43. The first kappa shape index (κ1) is 24.0. The smallest absolute Gasteiger partial charge is 0.311 e. The van der Waals surface area contributed by atoms with Crippen molar-refractivity contribution >= 4 is 11.8 Å². The third-order valence-electron chi connectivity index (χ3n) is 6.44. The predicted octanol–water partition coefficient (Wildman–Crippen LogP) is 3.65. The molecule has 0 amide bonds. The minimum absolute atomic E-state index is 0.0346. The molecule has 0 aliphatic carbocycles. The Hall–Kier alpha value is -1.24. The Morgan fingerprint density at radius 1 is 1.10 bits per heavy atom. The largest absolute Gasteiger partial charge is 0.462 e. The maximum absolute atomic E-state index is 12.9. The summed E-state index contributed by atoms with van der Waals surface area (Å²) in [6, 6.07) is 0. The van der Waals surface area contributed by atoms with Crippen molar-refractivity contribution < 1.29 is 28.9 Å². The van der Waals surface area contributed by atoms with Crippen molar-refractivity contribution in [3.8, 4) is 0 Å². The van der Waals surface area contributed by atoms with Crippen molar-refractivity contribution in [2.45, 2.75) is 97.9 Å². The average molecular weight is 411 g/mol. The highest BCUT2D eigenvalue weighted by molar-refractivity contribution is 5.80. The molecule has 2 unspecified atom stereocenters. The first-order valence-electron chi connectivity index (χ1n) is 11.0. The number of hydrogen-bond acceptors (Lipinski definition) is 6. The fourth-order valence-corrected chi connectivity index (χ4v) is 4.29. The zero-order valence-corrected chi connectivity index (χ0v) is 18.7. The summed E-state index contributed by atoms with van der Waals surface area (Å²) in [4.78, 5) is 25.6. The number of cyclic esters (lactones) is 1. The van der Waals surface area contributed by atoms with Gasteiger partial charge in [0.25, 0.3) is 0 Å². The normalized spacial score (nSPS) is 42.7. The van der Waals surface area contributed by atoms with E-state index >= 15 is 0 Å². The molecule has 1 saturated heterocycles. The lowest BCUT2D eigenvalue weighted by atomic mass is 9.83. The highest BCUT2D eigenvalue weighted by Gasteiger charge is 2.37. The summed E-state index contributed by atoms with van der Waals surface area (Å²) in [6.45, 7) is 11.6. The molecule has 0 aromatic rings. The summed E-state index contributed by atoms with van der Waals surface area (Å²) in [5.74, 6) is -0.500. The van der Waals surface area contributed by atoms with E-state index in [1.165, 1.54) is 0 Å². The molecule has 0 radical (unpaired) electrons. The van der Waals surface area contributed by atoms with Gasteiger partial charge in [-0.3, -0.25) is 9.59 Å². The highest BCUT2D eigenvalue weighted by atomic mass is 16.7. The molecule has 9 atom stereocenters. The molecule has 2 rings (SSSR count). The van der Waals surface area contributed by atoms with Crippen LogP contribution in [0.15, 0.2) is 12.2 Å². The molecule has 2 aliphatic heterocycles. The average Bonchev–Trinajstić information content (AvgIpc) is 2.68. The number of ketones is 1. The highest BCUT2D eigenvalue weighted by Crippen LogP contribution is 2.30. The molecule has 0 saturated carbocycles. The summed E-state index contributed by atoms with van der Waals surface area (Å²) >= 11 is 0. The number of aliphatic hydroxyl groups excluding tert-OH is 1. The maximum Gasteiger partial charge on any atom is 0.311 e. The Balaban J connectivity index is 2.24. The van der Waals surface area contributed by atoms with Crippen LogP contribution in [0.1, 0.15) is 67.2 Å². The number of rotatable bonds is 3. The standard InChI is InChI=1S/C23H38O6/c1-7-20-13(2)8-9-18(24)14(3)12-15(4)22(16(5)23(26)28-20)29-21-11-10-19(25)17(6)27-21/h10-11,13-17,19-22,25H,7-9,12H2,1-6H3/t13-,14-,15+,16-,17-,19+,20?,21-,22?/m1/s1. The molecule has 2 heterocycles. The molecular weight excluding hydrogens is 372 g/mol. The summed E-state index contributed by atoms with van der Waals surface area (Å²) in [7, 11) is 0. The number of Topliss-reactive ketones (excluding diaryl/α,β-unsaturated/α-hetero) is 1. The Morgan fingerprint density at radius 3 is 2.41 bits per heavy atom. The second kappa shape index (κ2) is 10.7. The molecular formula is C23H38O6. The van der Waals surface area contributed by atoms with Crippen LogP contribution in [0.5, 0.6) is 0 Å². The summed E-state index contributed by atoms with van der Waals surface area (Å²) < 4.78 is 17.8. The van der Waals surface area contributed by atoms with Gasteiger partial charge in [0, 0.05) is 12.3 Å². The van der Waals surface area contributed by atoms with E-state index in [-0.39, 0.29) is 41.7 Å². The number of esters is 1. The molecule has 0 spiro atoms. The summed E-state index contributed by atoms with van der Waals surface area (Å²) in [5, 5.41) is 9.82. The van der Waals surface area contributed by atoms with Crippen LogP contribution in [0.25, 0.3) is 0 Å². The van der Waals surface area contributed by atoms with Crippen LogP contribution in [0.4, 0.5) is 0 Å². The van der Waals surface area contributed by atoms with Crippen molar-refractivity contribution in [1.82, 2.24) is 0 Å². The van der Waals surface area contributed by atoms with E-state index in [0.717, 1.165) is 6.42 Å². The number of carbonyl (C=O) groups excluding carboxylic acids is 2. The lowest BCUT2D eigenvalue weighted by molar-refractivity contribution is -0.210. The first-order chi connectivity index (χ1) is 13.6. The maximum atomic E-state index is 12.9. The van der Waals surface area contributed by atoms with Gasteiger partial charge in [-0.25, -0.2) is 0 Å². The molecule has 0 aromatic heterocycles. The number of hydrogen-bond donors (Lipinski definition) is 1. The van der Waals surface area contributed by atoms with Crippen molar-refractivity contribution in [3.05, 3.63) is 12.2 Å². The summed E-state index contributed by atoms with van der Waals surface area (Å²) in [5.41, 5.74) is 0. The van der Waals surface area contributed by atoms with Crippen molar-refractivity contribution in [2.75, 3.05) is 0 Å². The van der Waals surface area contributed by atoms with Gasteiger partial charge in [0.15, 0.2) is 6.29 Å². The monoisotopic (exact) mass is 410 g/mol. The molecule has 0 bridgehead atoms. The molecule has 166 valence electrons. The fourth-order valence-electron chi connectivity index (χ4n) is 4.29. The van der Waals surface area contributed by atoms with E-state index in [1.807, 2.05) is 34.6 Å². The van der Waals surface area contributed by atoms with E-state index in [1.54, 1.807) is 19.1 Å². The van der Waals surface area contributed by atoms with E-state index in [0.29, 0.717) is 19.3 Å². The minimum Gasteiger partial charge on any atom is -0.462 e. The molecule has 1 N–H and O–H groups in total. The Kier molecular flexibility index (Phi) is 8.86. The Morgan fingerprint density at radius 2 is 1.79 bits per heavy atom. The third-order valence-corrected chi connectivity index (χ3v) is 6.44. The van der Waals surface area contributed by atoms with Crippen LogP contribution in [-0.2, 0) is 23.8 Å². The van der Waals surface area contributed by atoms with Crippen LogP contribution in [0.2, 0.25) is 0 Å². The molecule has 1 fully saturated rings. The number of ether oxygens (including phenoxy) is 3. The zero-order valence-electron chi connectivity index (χ0n) is 18.7. The van der Waals surface area contributed by atoms with Gasteiger partial charge in [-0.2, -0.15) is 0 Å². The van der Waals surface area contributed by atoms with Gasteiger partial charge in [0.1, 0.15) is 11.9 Å². The molecule has 6 nitrogen and oxygen atoms in total. The molecule has 2 aliphatic rings. The van der Waals surface area contributed by atoms with Crippen LogP contribution < -0.4 is 0 Å². The SMILES string of the molecule is CCC1OC(=O)[C@H](C)C(O[C@@H]2C=C[C@H](O)[C@@H](C)O2)[C@@H](C)C[C@@H](C)C(=O)CC[C@H]1C. The lowest BCUT2D eigenvalue weighted by Gasteiger charge is -2.36. The Labute approximate surface area is 175 Å². The van der Waals surface area contributed by atoms with Crippen LogP contribution in [0, 0.1) is 23.7 Å². The Bertz CT molecular complexity index is 588. The van der Waals surface area contributed by atoms with Crippen molar-refractivity contribution in [2.24, 2.45) is 23.7 Å². The van der Waals surface area contributed by atoms with E-state index in [4.69, 9.17) is 14.2 Å². The van der Waals surface area contributed by atoms with Gasteiger partial charge in [-0.1, -0.05) is 33.8 Å². The van der Waals surface area contributed by atoms with Gasteiger partial charge in [-0.05, 0) is 51.0 Å². The third kappa shape index (κ3) is 6.37. The predicted molar refractivity (Wildman–Crippen MR) is 110 cm³/mol. The van der Waals surface area contributed by atoms with Crippen LogP contribution >= 0.6 is 0 Å². The topological polar surface area (TPSA) is 82.1 Å². The van der Waals surface area contributed by atoms with E-state index in [9.17, 15) is 14.7 Å². The van der Waals surface area contributed by atoms with Crippen molar-refractivity contribution in [1.29, 1.82) is 0 Å². The zero-order chi connectivity index (χ0) is 21.7. The van der Waals surface area contributed by atoms with Crippen LogP contribution in [0.3, 0.4) is 0 Å². The number of carbonyl (C=O) groups is 2. The van der Waals surface area contributed by atoms with Gasteiger partial charge in [0.2, 0.25) is 0 Å². The van der Waals surface area contributed by atoms with E-state index < -0.39 is 24.4 Å². The fraction of sp³-hybridized carbons (Fsp3) is 0.826.